The van der Waals surface area contributed by atoms with Crippen LogP contribution in [0.4, 0.5) is 5.69 Å². The number of anilines is 1. The van der Waals surface area contributed by atoms with Gasteiger partial charge in [0, 0.05) is 10.7 Å². The number of hydrogen-bond acceptors (Lipinski definition) is 3. The molecule has 0 radical (unpaired) electrons. The molecule has 0 saturated heterocycles. The Kier molecular flexibility index (Phi) is 2.70. The van der Waals surface area contributed by atoms with Gasteiger partial charge in [0.2, 0.25) is 0 Å². The Morgan fingerprint density at radius 3 is 2.73 bits per heavy atom. The number of nitrogen functional groups attached to an aromatic ring is 1. The van der Waals surface area contributed by atoms with Crippen molar-refractivity contribution in [1.82, 2.24) is 0 Å². The second kappa shape index (κ2) is 3.57. The Hall–Kier alpha value is -0.770. The number of aliphatic hydroxyl groups excluding tert-OH is 1. The molecule has 1 aromatic carbocycles. The lowest BCUT2D eigenvalue weighted by Crippen LogP contribution is -2.06. The van der Waals surface area contributed by atoms with Crippen LogP contribution in [0.15, 0.2) is 18.2 Å². The van der Waals surface area contributed by atoms with Crippen LogP contribution in [0, 0.1) is 0 Å². The van der Waals surface area contributed by atoms with Crippen molar-refractivity contribution in [1.29, 1.82) is 0 Å². The number of aliphatic hydroxyl groups is 1. The first-order valence-electron chi connectivity index (χ1n) is 3.14. The summed E-state index contributed by atoms with van der Waals surface area (Å²) < 4.78 is 0. The zero-order chi connectivity index (χ0) is 8.27. The molecule has 0 atom stereocenters. The van der Waals surface area contributed by atoms with Crippen LogP contribution in [-0.4, -0.2) is 5.11 Å². The Labute approximate surface area is 69.8 Å². The normalized spacial score (nSPS) is 9.73. The van der Waals surface area contributed by atoms with Crippen LogP contribution in [0.3, 0.4) is 0 Å². The van der Waals surface area contributed by atoms with E-state index in [0.29, 0.717) is 10.6 Å². The van der Waals surface area contributed by atoms with E-state index in [2.05, 4.69) is 5.43 Å². The molecule has 0 spiro atoms. The van der Waals surface area contributed by atoms with Gasteiger partial charge in [-0.25, -0.2) is 0 Å². The van der Waals surface area contributed by atoms with Crippen LogP contribution in [0.25, 0.3) is 0 Å². The third-order valence-electron chi connectivity index (χ3n) is 1.39. The average molecular weight is 173 g/mol. The number of hydrogen-bond donors (Lipinski definition) is 3. The molecule has 1 aromatic rings. The molecule has 0 fully saturated rings. The van der Waals surface area contributed by atoms with Gasteiger partial charge in [0.05, 0.1) is 6.61 Å². The highest BCUT2D eigenvalue weighted by Crippen LogP contribution is 2.19. The quantitative estimate of drug-likeness (QED) is 0.463. The standard InChI is InChI=1S/C7H9ClN2O/c8-7-3-6(10-9)2-1-5(7)4-11/h1-3,10-11H,4,9H2. The predicted molar refractivity (Wildman–Crippen MR) is 45.2 cm³/mol. The van der Waals surface area contributed by atoms with E-state index in [-0.39, 0.29) is 6.61 Å². The highest BCUT2D eigenvalue weighted by atomic mass is 35.5. The van der Waals surface area contributed by atoms with Crippen LogP contribution >= 0.6 is 11.6 Å². The van der Waals surface area contributed by atoms with Gasteiger partial charge in [0.1, 0.15) is 0 Å². The zero-order valence-corrected chi connectivity index (χ0v) is 6.60. The van der Waals surface area contributed by atoms with Crippen LogP contribution < -0.4 is 11.3 Å². The summed E-state index contributed by atoms with van der Waals surface area (Å²) in [5.74, 6) is 5.14. The molecule has 0 saturated carbocycles. The maximum Gasteiger partial charge on any atom is 0.0696 e. The van der Waals surface area contributed by atoms with Crippen molar-refractivity contribution < 1.29 is 5.11 Å². The molecule has 0 unspecified atom stereocenters. The summed E-state index contributed by atoms with van der Waals surface area (Å²) in [5.41, 5.74) is 3.88. The predicted octanol–water partition coefficient (Wildman–Crippen LogP) is 1.12. The summed E-state index contributed by atoms with van der Waals surface area (Å²) in [6.07, 6.45) is 0. The number of halogens is 1. The number of benzene rings is 1. The molecular weight excluding hydrogens is 164 g/mol. The summed E-state index contributed by atoms with van der Waals surface area (Å²) in [7, 11) is 0. The van der Waals surface area contributed by atoms with Gasteiger partial charge in [-0.2, -0.15) is 0 Å². The average Bonchev–Trinajstić information content (AvgIpc) is 2.04. The van der Waals surface area contributed by atoms with E-state index < -0.39 is 0 Å². The molecule has 0 aliphatic carbocycles. The molecule has 0 heterocycles. The van der Waals surface area contributed by atoms with E-state index in [4.69, 9.17) is 22.6 Å². The van der Waals surface area contributed by atoms with Crippen LogP contribution in [0.5, 0.6) is 0 Å². The monoisotopic (exact) mass is 172 g/mol. The van der Waals surface area contributed by atoms with Gasteiger partial charge in [-0.05, 0) is 17.7 Å². The SMILES string of the molecule is NNc1ccc(CO)c(Cl)c1. The Balaban J connectivity index is 2.99. The summed E-state index contributed by atoms with van der Waals surface area (Å²) in [6, 6.07) is 5.13. The molecule has 0 aliphatic rings. The van der Waals surface area contributed by atoms with Crippen LogP contribution in [0.1, 0.15) is 5.56 Å². The lowest BCUT2D eigenvalue weighted by molar-refractivity contribution is 0.282. The fraction of sp³-hybridized carbons (Fsp3) is 0.143. The maximum atomic E-state index is 8.75. The summed E-state index contributed by atoms with van der Waals surface area (Å²) >= 11 is 5.75. The molecule has 4 heteroatoms. The highest BCUT2D eigenvalue weighted by Gasteiger charge is 1.98. The molecule has 11 heavy (non-hydrogen) atoms. The van der Waals surface area contributed by atoms with Gasteiger partial charge in [-0.3, -0.25) is 5.84 Å². The number of nitrogens with one attached hydrogen (secondary N) is 1. The van der Waals surface area contributed by atoms with E-state index in [1.54, 1.807) is 18.2 Å². The van der Waals surface area contributed by atoms with Crippen molar-refractivity contribution in [3.8, 4) is 0 Å². The fourth-order valence-electron chi connectivity index (χ4n) is 0.765. The van der Waals surface area contributed by atoms with Crippen LogP contribution in [-0.2, 0) is 6.61 Å². The molecule has 0 aliphatic heterocycles. The molecule has 1 rings (SSSR count). The second-order valence-corrected chi connectivity index (χ2v) is 2.52. The van der Waals surface area contributed by atoms with Crippen molar-refractivity contribution >= 4 is 17.3 Å². The van der Waals surface area contributed by atoms with E-state index in [9.17, 15) is 0 Å². The van der Waals surface area contributed by atoms with E-state index in [1.807, 2.05) is 0 Å². The van der Waals surface area contributed by atoms with Crippen molar-refractivity contribution in [2.45, 2.75) is 6.61 Å². The minimum absolute atomic E-state index is 0.0519. The van der Waals surface area contributed by atoms with Gasteiger partial charge >= 0.3 is 0 Å². The molecular formula is C7H9ClN2O. The Bertz CT molecular complexity index is 252. The number of hydrazine groups is 1. The maximum absolute atomic E-state index is 8.75. The van der Waals surface area contributed by atoms with Gasteiger partial charge in [0.25, 0.3) is 0 Å². The van der Waals surface area contributed by atoms with Gasteiger partial charge < -0.3 is 10.5 Å². The first kappa shape index (κ1) is 8.33. The molecule has 60 valence electrons. The van der Waals surface area contributed by atoms with Crippen LogP contribution in [0.2, 0.25) is 5.02 Å². The number of nitrogens with two attached hydrogens (primary N) is 1. The molecule has 4 N–H and O–H groups in total. The van der Waals surface area contributed by atoms with Gasteiger partial charge in [0.15, 0.2) is 0 Å². The summed E-state index contributed by atoms with van der Waals surface area (Å²) in [4.78, 5) is 0. The minimum Gasteiger partial charge on any atom is -0.392 e. The van der Waals surface area contributed by atoms with Crippen molar-refractivity contribution in [3.05, 3.63) is 28.8 Å². The lowest BCUT2D eigenvalue weighted by Gasteiger charge is -2.03. The smallest absolute Gasteiger partial charge is 0.0696 e. The zero-order valence-electron chi connectivity index (χ0n) is 5.84. The molecule has 0 aromatic heterocycles. The third-order valence-corrected chi connectivity index (χ3v) is 1.74. The summed E-state index contributed by atoms with van der Waals surface area (Å²) in [5, 5.41) is 9.26. The van der Waals surface area contributed by atoms with Crippen molar-refractivity contribution in [2.24, 2.45) is 5.84 Å². The van der Waals surface area contributed by atoms with E-state index in [0.717, 1.165) is 5.69 Å². The Morgan fingerprint density at radius 2 is 2.27 bits per heavy atom. The third kappa shape index (κ3) is 1.83. The molecule has 0 bridgehead atoms. The first-order chi connectivity index (χ1) is 5.27. The van der Waals surface area contributed by atoms with Crippen molar-refractivity contribution in [3.63, 3.8) is 0 Å². The van der Waals surface area contributed by atoms with E-state index >= 15 is 0 Å². The Morgan fingerprint density at radius 1 is 1.55 bits per heavy atom. The lowest BCUT2D eigenvalue weighted by atomic mass is 10.2. The minimum atomic E-state index is -0.0519. The first-order valence-corrected chi connectivity index (χ1v) is 3.51. The number of rotatable bonds is 2. The fourth-order valence-corrected chi connectivity index (χ4v) is 1.01. The van der Waals surface area contributed by atoms with E-state index in [1.165, 1.54) is 0 Å². The molecule has 3 nitrogen and oxygen atoms in total. The molecule has 0 amide bonds. The largest absolute Gasteiger partial charge is 0.392 e. The second-order valence-electron chi connectivity index (χ2n) is 2.11. The van der Waals surface area contributed by atoms with Crippen molar-refractivity contribution in [2.75, 3.05) is 5.43 Å². The van der Waals surface area contributed by atoms with Gasteiger partial charge in [-0.15, -0.1) is 0 Å². The summed E-state index contributed by atoms with van der Waals surface area (Å²) in [6.45, 7) is -0.0519. The topological polar surface area (TPSA) is 58.3 Å². The van der Waals surface area contributed by atoms with Gasteiger partial charge in [-0.1, -0.05) is 17.7 Å². The highest BCUT2D eigenvalue weighted by molar-refractivity contribution is 6.31.